The Morgan fingerprint density at radius 3 is 2.94 bits per heavy atom. The van der Waals surface area contributed by atoms with Crippen LogP contribution >= 0.6 is 0 Å². The maximum Gasteiger partial charge on any atom is 0.341 e. The van der Waals surface area contributed by atoms with Crippen LogP contribution in [0.4, 0.5) is 0 Å². The van der Waals surface area contributed by atoms with Gasteiger partial charge >= 0.3 is 5.97 Å². The molecule has 2 rings (SSSR count). The Morgan fingerprint density at radius 1 is 1.56 bits per heavy atom. The fourth-order valence-corrected chi connectivity index (χ4v) is 2.21. The fraction of sp³-hybridized carbons (Fsp3) is 0.692. The summed E-state index contributed by atoms with van der Waals surface area (Å²) in [5.74, 6) is 0.306. The van der Waals surface area contributed by atoms with Crippen molar-refractivity contribution in [2.24, 2.45) is 5.92 Å². The number of hydrogen-bond donors (Lipinski definition) is 0. The number of ether oxygens (including phenoxy) is 2. The Labute approximate surface area is 107 Å². The molecule has 0 bridgehead atoms. The number of rotatable bonds is 4. The zero-order valence-electron chi connectivity index (χ0n) is 11.0. The molecule has 0 aromatic carbocycles. The van der Waals surface area contributed by atoms with Crippen molar-refractivity contribution in [3.63, 3.8) is 0 Å². The molecule has 1 aliphatic rings. The molecule has 0 saturated carbocycles. The van der Waals surface area contributed by atoms with E-state index in [1.807, 2.05) is 11.6 Å². The van der Waals surface area contributed by atoms with Crippen LogP contribution in [0.5, 0.6) is 0 Å². The summed E-state index contributed by atoms with van der Waals surface area (Å²) in [4.78, 5) is 11.7. The second-order valence-corrected chi connectivity index (χ2v) is 4.60. The van der Waals surface area contributed by atoms with Crippen molar-refractivity contribution in [3.05, 3.63) is 17.5 Å². The summed E-state index contributed by atoms with van der Waals surface area (Å²) < 4.78 is 12.2. The average molecular weight is 252 g/mol. The summed E-state index contributed by atoms with van der Waals surface area (Å²) in [6.45, 7) is 6.63. The topological polar surface area (TPSA) is 53.3 Å². The highest BCUT2D eigenvalue weighted by molar-refractivity contribution is 5.90. The second-order valence-electron chi connectivity index (χ2n) is 4.60. The van der Waals surface area contributed by atoms with Crippen molar-refractivity contribution in [1.29, 1.82) is 0 Å². The van der Waals surface area contributed by atoms with Gasteiger partial charge in [0.1, 0.15) is 5.56 Å². The first kappa shape index (κ1) is 13.1. The molecular formula is C13H20N2O3. The first-order valence-electron chi connectivity index (χ1n) is 6.49. The van der Waals surface area contributed by atoms with Crippen LogP contribution in [0.3, 0.4) is 0 Å². The van der Waals surface area contributed by atoms with E-state index in [9.17, 15) is 4.79 Å². The second kappa shape index (κ2) is 6.00. The van der Waals surface area contributed by atoms with Crippen molar-refractivity contribution in [1.82, 2.24) is 9.78 Å². The van der Waals surface area contributed by atoms with Crippen molar-refractivity contribution in [2.45, 2.75) is 33.2 Å². The Balaban J connectivity index is 2.03. The molecule has 18 heavy (non-hydrogen) atoms. The molecule has 0 amide bonds. The van der Waals surface area contributed by atoms with Crippen LogP contribution in [0.2, 0.25) is 0 Å². The molecule has 1 aliphatic heterocycles. The largest absolute Gasteiger partial charge is 0.462 e. The fourth-order valence-electron chi connectivity index (χ4n) is 2.21. The van der Waals surface area contributed by atoms with Gasteiger partial charge < -0.3 is 9.47 Å². The number of nitrogens with zero attached hydrogens (tertiary/aromatic N) is 2. The van der Waals surface area contributed by atoms with Gasteiger partial charge in [-0.3, -0.25) is 4.68 Å². The van der Waals surface area contributed by atoms with Gasteiger partial charge in [-0.05, 0) is 32.6 Å². The molecule has 0 spiro atoms. The van der Waals surface area contributed by atoms with E-state index in [1.165, 1.54) is 0 Å². The molecule has 2 heterocycles. The minimum atomic E-state index is -0.284. The van der Waals surface area contributed by atoms with Gasteiger partial charge in [0.05, 0.1) is 12.8 Å². The molecule has 1 aromatic rings. The van der Waals surface area contributed by atoms with Gasteiger partial charge in [-0.1, -0.05) is 0 Å². The van der Waals surface area contributed by atoms with E-state index in [4.69, 9.17) is 9.47 Å². The minimum absolute atomic E-state index is 0.284. The molecule has 0 atom stereocenters. The van der Waals surface area contributed by atoms with Crippen LogP contribution < -0.4 is 0 Å². The summed E-state index contributed by atoms with van der Waals surface area (Å²) in [5, 5.41) is 4.29. The number of aromatic nitrogens is 2. The summed E-state index contributed by atoms with van der Waals surface area (Å²) in [6, 6.07) is 0. The quantitative estimate of drug-likeness (QED) is 0.767. The molecule has 1 fully saturated rings. The number of hydrogen-bond acceptors (Lipinski definition) is 4. The van der Waals surface area contributed by atoms with Crippen LogP contribution in [0.1, 0.15) is 35.8 Å². The van der Waals surface area contributed by atoms with E-state index in [0.29, 0.717) is 18.1 Å². The minimum Gasteiger partial charge on any atom is -0.462 e. The summed E-state index contributed by atoms with van der Waals surface area (Å²) in [7, 11) is 0. The Morgan fingerprint density at radius 2 is 2.28 bits per heavy atom. The molecular weight excluding hydrogens is 232 g/mol. The van der Waals surface area contributed by atoms with Crippen LogP contribution in [0, 0.1) is 12.8 Å². The number of carbonyl (C=O) groups excluding carboxylic acids is 1. The van der Waals surface area contributed by atoms with E-state index >= 15 is 0 Å². The van der Waals surface area contributed by atoms with Gasteiger partial charge in [0, 0.05) is 25.5 Å². The Bertz CT molecular complexity index is 408. The van der Waals surface area contributed by atoms with Crippen molar-refractivity contribution < 1.29 is 14.3 Å². The average Bonchev–Trinajstić information content (AvgIpc) is 2.73. The van der Waals surface area contributed by atoms with Crippen LogP contribution in [-0.4, -0.2) is 35.6 Å². The number of esters is 1. The van der Waals surface area contributed by atoms with E-state index in [-0.39, 0.29) is 5.97 Å². The third-order valence-electron chi connectivity index (χ3n) is 3.37. The molecule has 1 aromatic heterocycles. The molecule has 1 saturated heterocycles. The lowest BCUT2D eigenvalue weighted by atomic mass is 10.0. The van der Waals surface area contributed by atoms with Gasteiger partial charge in [-0.2, -0.15) is 5.10 Å². The van der Waals surface area contributed by atoms with Crippen molar-refractivity contribution in [2.75, 3.05) is 19.8 Å². The van der Waals surface area contributed by atoms with Gasteiger partial charge in [0.15, 0.2) is 0 Å². The highest BCUT2D eigenvalue weighted by Crippen LogP contribution is 2.18. The highest BCUT2D eigenvalue weighted by Gasteiger charge is 2.19. The zero-order valence-corrected chi connectivity index (χ0v) is 11.0. The van der Waals surface area contributed by atoms with E-state index in [1.54, 1.807) is 13.1 Å². The summed E-state index contributed by atoms with van der Waals surface area (Å²) >= 11 is 0. The van der Waals surface area contributed by atoms with Gasteiger partial charge in [-0.25, -0.2) is 4.79 Å². The SMILES string of the molecule is CCOC(=O)c1cnn(CC2CCOCC2)c1C. The van der Waals surface area contributed by atoms with E-state index < -0.39 is 0 Å². The van der Waals surface area contributed by atoms with Crippen LogP contribution in [0.25, 0.3) is 0 Å². The van der Waals surface area contributed by atoms with Crippen LogP contribution in [-0.2, 0) is 16.0 Å². The number of carbonyl (C=O) groups is 1. The molecule has 100 valence electrons. The Hall–Kier alpha value is -1.36. The van der Waals surface area contributed by atoms with Crippen LogP contribution in [0.15, 0.2) is 6.20 Å². The smallest absolute Gasteiger partial charge is 0.341 e. The standard InChI is InChI=1S/C13H20N2O3/c1-3-18-13(16)12-8-14-15(10(12)2)9-11-4-6-17-7-5-11/h8,11H,3-7,9H2,1-2H3. The maximum atomic E-state index is 11.7. The predicted octanol–water partition coefficient (Wildman–Crippen LogP) is 1.79. The van der Waals surface area contributed by atoms with Gasteiger partial charge in [-0.15, -0.1) is 0 Å². The Kier molecular flexibility index (Phi) is 4.36. The monoisotopic (exact) mass is 252 g/mol. The molecule has 0 N–H and O–H groups in total. The van der Waals surface area contributed by atoms with Gasteiger partial charge in [0.2, 0.25) is 0 Å². The third kappa shape index (κ3) is 2.90. The normalized spacial score (nSPS) is 16.8. The molecule has 0 aliphatic carbocycles. The summed E-state index contributed by atoms with van der Waals surface area (Å²) in [6.07, 6.45) is 3.73. The first-order chi connectivity index (χ1) is 8.72. The summed E-state index contributed by atoms with van der Waals surface area (Å²) in [5.41, 5.74) is 1.46. The molecule has 0 radical (unpaired) electrons. The zero-order chi connectivity index (χ0) is 13.0. The van der Waals surface area contributed by atoms with Gasteiger partial charge in [0.25, 0.3) is 0 Å². The van der Waals surface area contributed by atoms with Crippen molar-refractivity contribution in [3.8, 4) is 0 Å². The first-order valence-corrected chi connectivity index (χ1v) is 6.49. The lowest BCUT2D eigenvalue weighted by Crippen LogP contribution is -2.21. The van der Waals surface area contributed by atoms with Crippen molar-refractivity contribution >= 4 is 5.97 Å². The van der Waals surface area contributed by atoms with E-state index in [2.05, 4.69) is 5.10 Å². The maximum absolute atomic E-state index is 11.7. The molecule has 5 heteroatoms. The van der Waals surface area contributed by atoms with E-state index in [0.717, 1.165) is 38.3 Å². The third-order valence-corrected chi connectivity index (χ3v) is 3.37. The lowest BCUT2D eigenvalue weighted by molar-refractivity contribution is 0.0523. The molecule has 5 nitrogen and oxygen atoms in total. The lowest BCUT2D eigenvalue weighted by Gasteiger charge is -2.22. The molecule has 0 unspecified atom stereocenters. The predicted molar refractivity (Wildman–Crippen MR) is 66.5 cm³/mol. The highest BCUT2D eigenvalue weighted by atomic mass is 16.5.